The van der Waals surface area contributed by atoms with Crippen molar-refractivity contribution < 1.29 is 70.1 Å². The lowest BCUT2D eigenvalue weighted by molar-refractivity contribution is -0.341. The molecule has 0 bridgehead atoms. The summed E-state index contributed by atoms with van der Waals surface area (Å²) in [5, 5.41) is 116. The van der Waals surface area contributed by atoms with Crippen LogP contribution in [0.2, 0.25) is 0 Å². The number of allylic oxidation sites excluding steroid dienone is 2. The summed E-state index contributed by atoms with van der Waals surface area (Å²) in [6, 6.07) is -0.622. The molecule has 6 fully saturated rings. The number of aliphatic hydroxyl groups excluding tert-OH is 9. The Bertz CT molecular complexity index is 2040. The average molecular weight is 975 g/mol. The molecule has 1 aromatic rings. The molecule has 18 heteroatoms. The maximum absolute atomic E-state index is 14.1. The van der Waals surface area contributed by atoms with Gasteiger partial charge in [-0.25, -0.2) is 4.98 Å². The Morgan fingerprint density at radius 1 is 0.942 bits per heavy atom. The number of carbonyl (C=O) groups is 2. The molecule has 69 heavy (non-hydrogen) atoms. The largest absolute Gasteiger partial charge is 0.481 e. The van der Waals surface area contributed by atoms with Crippen LogP contribution in [0.3, 0.4) is 0 Å². The third-order valence-electron chi connectivity index (χ3n) is 21.2. The number of nitrogens with zero attached hydrogens (tertiary/aromatic N) is 1. The van der Waals surface area contributed by atoms with Gasteiger partial charge in [0.25, 0.3) is 0 Å². The molecule has 23 unspecified atom stereocenters. The SMILES string of the molecule is CCC1C(CO)C2(C(=O)O)CCC(C)(CO)CC2C2=CCC3C4(C)C(CC5C(CO)C(=O)NC5C(CCC(N)O)c5cnc[nH]5)C(O)C(OC5OCC(O)C(O)C5O)C(C)(CO)C4CCC3(C)C21C. The van der Waals surface area contributed by atoms with Crippen molar-refractivity contribution in [2.75, 3.05) is 33.0 Å². The lowest BCUT2D eigenvalue weighted by Gasteiger charge is -2.75. The summed E-state index contributed by atoms with van der Waals surface area (Å²) in [5.74, 6) is -5.97. The Kier molecular flexibility index (Phi) is 14.5. The highest BCUT2D eigenvalue weighted by Crippen LogP contribution is 2.79. The van der Waals surface area contributed by atoms with Crippen LogP contribution in [0, 0.1) is 79.8 Å². The lowest BCUT2D eigenvalue weighted by Crippen LogP contribution is -2.74. The molecule has 8 rings (SSSR count). The summed E-state index contributed by atoms with van der Waals surface area (Å²) in [5.41, 5.74) is 2.48. The minimum atomic E-state index is -1.69. The van der Waals surface area contributed by atoms with Crippen LogP contribution in [0.15, 0.2) is 24.2 Å². The van der Waals surface area contributed by atoms with E-state index in [4.69, 9.17) is 15.2 Å². The van der Waals surface area contributed by atoms with E-state index in [1.165, 1.54) is 6.33 Å². The molecule has 1 amide bonds. The predicted octanol–water partition coefficient (Wildman–Crippen LogP) is 1.37. The number of aromatic amines is 1. The number of nitrogens with one attached hydrogen (secondary N) is 2. The normalized spacial score (nSPS) is 49.4. The molecular weight excluding hydrogens is 893 g/mol. The van der Waals surface area contributed by atoms with Gasteiger partial charge in [-0.2, -0.15) is 0 Å². The van der Waals surface area contributed by atoms with Crippen molar-refractivity contribution in [2.45, 2.75) is 161 Å². The Morgan fingerprint density at radius 3 is 2.26 bits per heavy atom. The van der Waals surface area contributed by atoms with Gasteiger partial charge in [0.05, 0.1) is 49.7 Å². The van der Waals surface area contributed by atoms with E-state index in [1.807, 2.05) is 13.8 Å². The number of carboxylic acid groups (broad SMARTS) is 1. The average Bonchev–Trinajstić information content (AvgIpc) is 3.96. The lowest BCUT2D eigenvalue weighted by atomic mass is 9.29. The van der Waals surface area contributed by atoms with Gasteiger partial charge in [0.2, 0.25) is 5.91 Å². The van der Waals surface area contributed by atoms with Crippen LogP contribution in [0.1, 0.15) is 117 Å². The number of ether oxygens (including phenoxy) is 2. The summed E-state index contributed by atoms with van der Waals surface area (Å²) in [7, 11) is 0. The number of H-pyrrole nitrogens is 1. The Hall–Kier alpha value is -2.59. The molecule has 1 aromatic heterocycles. The van der Waals surface area contributed by atoms with Gasteiger partial charge in [-0.15, -0.1) is 0 Å². The van der Waals surface area contributed by atoms with E-state index in [1.54, 1.807) is 6.20 Å². The van der Waals surface area contributed by atoms with Crippen molar-refractivity contribution in [3.8, 4) is 0 Å². The zero-order valence-electron chi connectivity index (χ0n) is 41.3. The van der Waals surface area contributed by atoms with Crippen molar-refractivity contribution in [1.82, 2.24) is 15.3 Å². The van der Waals surface area contributed by atoms with Gasteiger partial charge in [0, 0.05) is 48.4 Å². The van der Waals surface area contributed by atoms with Gasteiger partial charge in [0.1, 0.15) is 24.5 Å². The molecule has 0 aromatic carbocycles. The fraction of sp³-hybridized carbons (Fsp3) is 0.863. The molecule has 2 saturated heterocycles. The van der Waals surface area contributed by atoms with E-state index in [0.717, 1.165) is 5.57 Å². The van der Waals surface area contributed by atoms with E-state index in [-0.39, 0.29) is 50.4 Å². The molecule has 7 aliphatic rings. The number of carboxylic acids is 1. The Labute approximate surface area is 405 Å². The molecular formula is C51H82N4O14. The highest BCUT2D eigenvalue weighted by Gasteiger charge is 2.76. The smallest absolute Gasteiger partial charge is 0.310 e. The van der Waals surface area contributed by atoms with E-state index in [0.29, 0.717) is 57.1 Å². The molecule has 390 valence electrons. The number of hydrogen-bond acceptors (Lipinski definition) is 15. The highest BCUT2D eigenvalue weighted by molar-refractivity contribution is 5.82. The topological polar surface area (TPSA) is 322 Å². The molecule has 23 atom stereocenters. The first kappa shape index (κ1) is 52.7. The molecule has 5 aliphatic carbocycles. The number of carbonyl (C=O) groups excluding carboxylic acids is 1. The van der Waals surface area contributed by atoms with E-state index in [2.05, 4.69) is 49.1 Å². The monoisotopic (exact) mass is 975 g/mol. The number of amides is 1. The van der Waals surface area contributed by atoms with Gasteiger partial charge >= 0.3 is 5.97 Å². The van der Waals surface area contributed by atoms with Gasteiger partial charge in [-0.05, 0) is 115 Å². The van der Waals surface area contributed by atoms with Gasteiger partial charge in [-0.1, -0.05) is 59.6 Å². The number of aromatic nitrogens is 2. The molecule has 4 saturated carbocycles. The number of aliphatic hydroxyl groups is 9. The maximum Gasteiger partial charge on any atom is 0.310 e. The fourth-order valence-electron chi connectivity index (χ4n) is 17.5. The van der Waals surface area contributed by atoms with Crippen LogP contribution in [0.25, 0.3) is 0 Å². The molecule has 14 N–H and O–H groups in total. The standard InChI is InChI=1S/C51H82N4O14/c1-7-28-32(20-57)51(45(66)67)15-14-46(2,22-58)17-31(51)29-9-10-36-48(4,50(28,29)6)13-12-35-47(3,23-59)42(69-44-41(64)40(63)34(60)21-68-44)39(62)30(49(35,36)5)16-26-27(19-56)43(65)55-38(26)25(8-11-37(52)61)33-18-53-24-54-33/h9,18,24-28,30-32,34-42,44,56-64H,7-8,10-17,19-23,52H2,1-6H3,(H,53,54)(H,55,65)(H,66,67). The summed E-state index contributed by atoms with van der Waals surface area (Å²) in [4.78, 5) is 35.5. The number of rotatable bonds is 15. The number of fused-ring (bicyclic) bond motifs is 7. The van der Waals surface area contributed by atoms with E-state index >= 15 is 0 Å². The molecule has 0 radical (unpaired) electrons. The summed E-state index contributed by atoms with van der Waals surface area (Å²) in [6.07, 6.45) is -0.279. The number of imidazole rings is 1. The van der Waals surface area contributed by atoms with E-state index < -0.39 is 142 Å². The van der Waals surface area contributed by atoms with Gasteiger partial charge < -0.3 is 76.6 Å². The second-order valence-electron chi connectivity index (χ2n) is 23.9. The fourth-order valence-corrected chi connectivity index (χ4v) is 17.5. The van der Waals surface area contributed by atoms with Gasteiger partial charge in [-0.3, -0.25) is 9.59 Å². The van der Waals surface area contributed by atoms with Gasteiger partial charge in [0.15, 0.2) is 6.29 Å². The van der Waals surface area contributed by atoms with Crippen molar-refractivity contribution in [3.05, 3.63) is 29.9 Å². The minimum Gasteiger partial charge on any atom is -0.481 e. The first-order chi connectivity index (χ1) is 32.5. The van der Waals surface area contributed by atoms with Crippen molar-refractivity contribution in [1.29, 1.82) is 0 Å². The summed E-state index contributed by atoms with van der Waals surface area (Å²) in [6.45, 7) is 11.0. The number of nitrogens with two attached hydrogens (primary N) is 1. The Morgan fingerprint density at radius 2 is 1.67 bits per heavy atom. The van der Waals surface area contributed by atoms with Crippen LogP contribution < -0.4 is 11.1 Å². The zero-order chi connectivity index (χ0) is 50.4. The van der Waals surface area contributed by atoms with Crippen LogP contribution in [0.5, 0.6) is 0 Å². The van der Waals surface area contributed by atoms with Crippen LogP contribution >= 0.6 is 0 Å². The quantitative estimate of drug-likeness (QED) is 0.0671. The minimum absolute atomic E-state index is 0.1000. The van der Waals surface area contributed by atoms with Crippen molar-refractivity contribution >= 4 is 11.9 Å². The van der Waals surface area contributed by atoms with Crippen LogP contribution in [0.4, 0.5) is 0 Å². The summed E-state index contributed by atoms with van der Waals surface area (Å²) < 4.78 is 12.4. The summed E-state index contributed by atoms with van der Waals surface area (Å²) >= 11 is 0. The first-order valence-electron chi connectivity index (χ1n) is 25.6. The van der Waals surface area contributed by atoms with Crippen LogP contribution in [-0.2, 0) is 19.1 Å². The zero-order valence-corrected chi connectivity index (χ0v) is 41.3. The third-order valence-corrected chi connectivity index (χ3v) is 21.2. The Balaban J connectivity index is 1.31. The number of hydrogen-bond donors (Lipinski definition) is 13. The number of aliphatic carboxylic acids is 1. The van der Waals surface area contributed by atoms with Crippen LogP contribution in [-0.4, -0.2) is 155 Å². The molecule has 3 heterocycles. The van der Waals surface area contributed by atoms with Crippen molar-refractivity contribution in [2.24, 2.45) is 85.6 Å². The predicted molar refractivity (Wildman–Crippen MR) is 249 cm³/mol. The molecule has 18 nitrogen and oxygen atoms in total. The second-order valence-corrected chi connectivity index (χ2v) is 23.9. The third kappa shape index (κ3) is 7.73. The first-order valence-corrected chi connectivity index (χ1v) is 25.6. The van der Waals surface area contributed by atoms with Crippen molar-refractivity contribution in [3.63, 3.8) is 0 Å². The molecule has 0 spiro atoms. The second kappa shape index (κ2) is 19.0. The van der Waals surface area contributed by atoms with E-state index in [9.17, 15) is 60.7 Å². The molecule has 2 aliphatic heterocycles. The maximum atomic E-state index is 14.1. The highest BCUT2D eigenvalue weighted by atomic mass is 16.7.